The number of hydrogen-bond acceptors (Lipinski definition) is 3. The molecule has 1 aromatic heterocycles. The third-order valence-electron chi connectivity index (χ3n) is 6.26. The molecule has 142 valence electrons. The minimum absolute atomic E-state index is 0. The second-order valence-corrected chi connectivity index (χ2v) is 8.15. The lowest BCUT2D eigenvalue weighted by molar-refractivity contribution is 0.159. The van der Waals surface area contributed by atoms with Crippen LogP contribution < -0.4 is 0 Å². The molecule has 0 amide bonds. The molecule has 27 heavy (non-hydrogen) atoms. The van der Waals surface area contributed by atoms with Gasteiger partial charge in [-0.15, -0.1) is 24.0 Å². The Morgan fingerprint density at radius 2 is 1.96 bits per heavy atom. The van der Waals surface area contributed by atoms with E-state index in [0.717, 1.165) is 43.6 Å². The largest absolute Gasteiger partial charge is 0.356 e. The van der Waals surface area contributed by atoms with E-state index in [1.165, 1.54) is 29.7 Å². The molecule has 1 atom stereocenters. The Hall–Kier alpha value is -1.47. The highest BCUT2D eigenvalue weighted by Gasteiger charge is 2.40. The number of rotatable bonds is 3. The van der Waals surface area contributed by atoms with Gasteiger partial charge in [-0.05, 0) is 55.6 Å². The summed E-state index contributed by atoms with van der Waals surface area (Å²) in [6.07, 6.45) is 3.34. The topological polar surface area (TPSA) is 29.3 Å². The zero-order valence-corrected chi connectivity index (χ0v) is 17.8. The van der Waals surface area contributed by atoms with E-state index in [2.05, 4.69) is 41.2 Å². The molecular weight excluding hydrogens is 454 g/mol. The van der Waals surface area contributed by atoms with Crippen LogP contribution in [0.4, 0.5) is 4.39 Å². The summed E-state index contributed by atoms with van der Waals surface area (Å²) in [7, 11) is 0. The van der Waals surface area contributed by atoms with Crippen LogP contribution in [0.2, 0.25) is 0 Å². The second kappa shape index (κ2) is 7.17. The fourth-order valence-corrected chi connectivity index (χ4v) is 4.90. The molecular formula is C22H24FIN2O. The summed E-state index contributed by atoms with van der Waals surface area (Å²) in [6.45, 7) is 5.68. The van der Waals surface area contributed by atoms with Crippen LogP contribution >= 0.6 is 24.0 Å². The Bertz CT molecular complexity index is 964. The Kier molecular flexibility index (Phi) is 5.01. The Labute approximate surface area is 175 Å². The summed E-state index contributed by atoms with van der Waals surface area (Å²) >= 11 is 0. The third-order valence-corrected chi connectivity index (χ3v) is 6.26. The molecule has 5 heteroatoms. The third kappa shape index (κ3) is 3.29. The molecule has 0 radical (unpaired) electrons. The smallest absolute Gasteiger partial charge is 0.170 e. The quantitative estimate of drug-likeness (QED) is 0.480. The molecule has 5 rings (SSSR count). The summed E-state index contributed by atoms with van der Waals surface area (Å²) in [5, 5.41) is 5.22. The SMILES string of the molecule is CC1(CN2CCC(c3noc4cc(F)ccc34)CC2)Cc2ccccc21.I. The van der Waals surface area contributed by atoms with Crippen molar-refractivity contribution in [2.75, 3.05) is 19.6 Å². The van der Waals surface area contributed by atoms with Gasteiger partial charge in [-0.25, -0.2) is 4.39 Å². The normalized spacial score (nSPS) is 22.9. The monoisotopic (exact) mass is 478 g/mol. The molecule has 0 bridgehead atoms. The summed E-state index contributed by atoms with van der Waals surface area (Å²) < 4.78 is 18.7. The van der Waals surface area contributed by atoms with Crippen LogP contribution in [0.25, 0.3) is 11.0 Å². The van der Waals surface area contributed by atoms with Crippen molar-refractivity contribution in [3.8, 4) is 0 Å². The Morgan fingerprint density at radius 3 is 2.74 bits per heavy atom. The van der Waals surface area contributed by atoms with E-state index in [0.29, 0.717) is 16.9 Å². The minimum Gasteiger partial charge on any atom is -0.356 e. The van der Waals surface area contributed by atoms with Crippen molar-refractivity contribution in [3.63, 3.8) is 0 Å². The first-order valence-corrected chi connectivity index (χ1v) is 9.48. The second-order valence-electron chi connectivity index (χ2n) is 8.15. The van der Waals surface area contributed by atoms with Gasteiger partial charge in [0.1, 0.15) is 5.82 Å². The minimum atomic E-state index is -0.274. The zero-order chi connectivity index (χ0) is 17.7. The molecule has 1 unspecified atom stereocenters. The van der Waals surface area contributed by atoms with E-state index in [9.17, 15) is 4.39 Å². The number of nitrogens with zero attached hydrogens (tertiary/aromatic N) is 2. The van der Waals surface area contributed by atoms with Gasteiger partial charge in [0, 0.05) is 29.3 Å². The average Bonchev–Trinajstić information content (AvgIpc) is 3.05. The summed E-state index contributed by atoms with van der Waals surface area (Å²) in [4.78, 5) is 2.59. The maximum Gasteiger partial charge on any atom is 0.170 e. The van der Waals surface area contributed by atoms with Gasteiger partial charge in [-0.1, -0.05) is 36.3 Å². The summed E-state index contributed by atoms with van der Waals surface area (Å²) in [5.74, 6) is 0.128. The van der Waals surface area contributed by atoms with E-state index < -0.39 is 0 Å². The van der Waals surface area contributed by atoms with Gasteiger partial charge < -0.3 is 9.42 Å². The van der Waals surface area contributed by atoms with Crippen molar-refractivity contribution in [1.82, 2.24) is 10.1 Å². The highest BCUT2D eigenvalue weighted by atomic mass is 127. The molecule has 0 N–H and O–H groups in total. The van der Waals surface area contributed by atoms with Crippen molar-refractivity contribution in [3.05, 3.63) is 65.1 Å². The van der Waals surface area contributed by atoms with E-state index in [4.69, 9.17) is 4.52 Å². The van der Waals surface area contributed by atoms with Crippen LogP contribution in [-0.4, -0.2) is 29.7 Å². The van der Waals surface area contributed by atoms with Crippen molar-refractivity contribution < 1.29 is 8.91 Å². The van der Waals surface area contributed by atoms with Gasteiger partial charge in [-0.2, -0.15) is 0 Å². The maximum absolute atomic E-state index is 13.3. The molecule has 2 heterocycles. The van der Waals surface area contributed by atoms with Crippen molar-refractivity contribution in [2.24, 2.45) is 0 Å². The molecule has 1 saturated heterocycles. The number of benzene rings is 2. The fraction of sp³-hybridized carbons (Fsp3) is 0.409. The Balaban J connectivity index is 0.00000180. The van der Waals surface area contributed by atoms with E-state index in [1.54, 1.807) is 6.07 Å². The zero-order valence-electron chi connectivity index (χ0n) is 15.5. The van der Waals surface area contributed by atoms with Crippen molar-refractivity contribution in [2.45, 2.75) is 37.5 Å². The van der Waals surface area contributed by atoms with E-state index in [1.807, 2.05) is 0 Å². The first kappa shape index (κ1) is 18.9. The number of likely N-dealkylation sites (tertiary alicyclic amines) is 1. The number of aromatic nitrogens is 1. The van der Waals surface area contributed by atoms with Gasteiger partial charge in [0.2, 0.25) is 0 Å². The lowest BCUT2D eigenvalue weighted by Crippen LogP contribution is -2.48. The number of piperidine rings is 1. The molecule has 2 aliphatic rings. The standard InChI is InChI=1S/C22H23FN2O.HI/c1-22(13-16-4-2-3-5-19(16)22)14-25-10-8-15(9-11-25)21-18-7-6-17(23)12-20(18)26-24-21;/h2-7,12,15H,8-11,13-14H2,1H3;1H. The lowest BCUT2D eigenvalue weighted by Gasteiger charge is -2.45. The lowest BCUT2D eigenvalue weighted by atomic mass is 9.65. The molecule has 3 aromatic rings. The molecule has 1 aliphatic heterocycles. The number of fused-ring (bicyclic) bond motifs is 2. The van der Waals surface area contributed by atoms with Gasteiger partial charge in [0.15, 0.2) is 5.58 Å². The van der Waals surface area contributed by atoms with Crippen molar-refractivity contribution >= 4 is 34.9 Å². The van der Waals surface area contributed by atoms with Gasteiger partial charge in [0.05, 0.1) is 5.69 Å². The van der Waals surface area contributed by atoms with E-state index in [-0.39, 0.29) is 29.8 Å². The molecule has 1 fully saturated rings. The van der Waals surface area contributed by atoms with Crippen LogP contribution in [0.3, 0.4) is 0 Å². The molecule has 3 nitrogen and oxygen atoms in total. The van der Waals surface area contributed by atoms with Crippen LogP contribution in [0.15, 0.2) is 47.0 Å². The molecule has 1 aliphatic carbocycles. The first-order chi connectivity index (χ1) is 12.6. The van der Waals surface area contributed by atoms with Crippen LogP contribution in [0.1, 0.15) is 42.5 Å². The number of hydrogen-bond donors (Lipinski definition) is 0. The van der Waals surface area contributed by atoms with Gasteiger partial charge >= 0.3 is 0 Å². The summed E-state index contributed by atoms with van der Waals surface area (Å²) in [6, 6.07) is 13.5. The molecule has 0 saturated carbocycles. The highest BCUT2D eigenvalue weighted by Crippen LogP contribution is 2.42. The fourth-order valence-electron chi connectivity index (χ4n) is 4.90. The number of halogens is 2. The van der Waals surface area contributed by atoms with Gasteiger partial charge in [0.25, 0.3) is 0 Å². The van der Waals surface area contributed by atoms with E-state index >= 15 is 0 Å². The van der Waals surface area contributed by atoms with Gasteiger partial charge in [-0.3, -0.25) is 0 Å². The highest BCUT2D eigenvalue weighted by molar-refractivity contribution is 14.0. The molecule has 2 aromatic carbocycles. The van der Waals surface area contributed by atoms with Crippen LogP contribution in [0.5, 0.6) is 0 Å². The average molecular weight is 478 g/mol. The first-order valence-electron chi connectivity index (χ1n) is 9.48. The molecule has 0 spiro atoms. The van der Waals surface area contributed by atoms with Crippen LogP contribution in [0, 0.1) is 5.82 Å². The predicted molar refractivity (Wildman–Crippen MR) is 115 cm³/mol. The predicted octanol–water partition coefficient (Wildman–Crippen LogP) is 5.28. The van der Waals surface area contributed by atoms with Crippen LogP contribution in [-0.2, 0) is 11.8 Å². The van der Waals surface area contributed by atoms with Crippen molar-refractivity contribution in [1.29, 1.82) is 0 Å². The Morgan fingerprint density at radius 1 is 1.19 bits per heavy atom. The summed E-state index contributed by atoms with van der Waals surface area (Å²) in [5.41, 5.74) is 4.88. The maximum atomic E-state index is 13.3.